The lowest BCUT2D eigenvalue weighted by molar-refractivity contribution is 0.702. The van der Waals surface area contributed by atoms with Gasteiger partial charge in [-0.3, -0.25) is 5.32 Å². The van der Waals surface area contributed by atoms with Gasteiger partial charge in [0.1, 0.15) is 11.7 Å². The summed E-state index contributed by atoms with van der Waals surface area (Å²) >= 11 is 0. The van der Waals surface area contributed by atoms with Gasteiger partial charge in [0.15, 0.2) is 0 Å². The number of nitrogens with zero attached hydrogens (tertiary/aromatic N) is 2. The first-order chi connectivity index (χ1) is 21.7. The summed E-state index contributed by atoms with van der Waals surface area (Å²) in [6.45, 7) is 0. The zero-order valence-corrected chi connectivity index (χ0v) is 24.1. The van der Waals surface area contributed by atoms with Crippen LogP contribution in [0.3, 0.4) is 0 Å². The Hall–Kier alpha value is -5.58. The number of aromatic nitrogens is 2. The van der Waals surface area contributed by atoms with Crippen LogP contribution >= 0.6 is 0 Å². The summed E-state index contributed by atoms with van der Waals surface area (Å²) in [6, 6.07) is 53.8. The van der Waals surface area contributed by atoms with Crippen LogP contribution in [-0.2, 0) is 5.54 Å². The van der Waals surface area contributed by atoms with Gasteiger partial charge >= 0.3 is 0 Å². The summed E-state index contributed by atoms with van der Waals surface area (Å²) in [5.41, 5.74) is 15.3. The molecule has 2 aromatic heterocycles. The molecular weight excluding hydrogens is 536 g/mol. The standard InChI is InChI=1S/C40H30N4/c41-34(27-14-4-1-5-15-27)26-40(28-16-6-2-7-17-28)39(42-40)44-36-23-13-11-21-31(36)33-25-24-32-30-20-10-12-22-35(30)43(37(32)38(33)44)29-18-8-3-9-19-29/h1-26,39,42H,41H2/b34-26-/t39?,40-/m1/s1. The lowest BCUT2D eigenvalue weighted by Gasteiger charge is -2.16. The zero-order valence-electron chi connectivity index (χ0n) is 24.1. The lowest BCUT2D eigenvalue weighted by Crippen LogP contribution is -2.14. The average molecular weight is 567 g/mol. The summed E-state index contributed by atoms with van der Waals surface area (Å²) in [5, 5.41) is 8.91. The van der Waals surface area contributed by atoms with Gasteiger partial charge in [-0.05, 0) is 41.5 Å². The van der Waals surface area contributed by atoms with Gasteiger partial charge in [0.25, 0.3) is 0 Å². The van der Waals surface area contributed by atoms with Crippen LogP contribution in [0.15, 0.2) is 158 Å². The van der Waals surface area contributed by atoms with E-state index in [4.69, 9.17) is 5.73 Å². The largest absolute Gasteiger partial charge is 0.398 e. The fourth-order valence-corrected chi connectivity index (χ4v) is 7.22. The second-order valence-corrected chi connectivity index (χ2v) is 11.7. The van der Waals surface area contributed by atoms with Crippen LogP contribution in [0.5, 0.6) is 0 Å². The second-order valence-electron chi connectivity index (χ2n) is 11.7. The van der Waals surface area contributed by atoms with Gasteiger partial charge in [0.2, 0.25) is 0 Å². The number of hydrogen-bond acceptors (Lipinski definition) is 2. The van der Waals surface area contributed by atoms with E-state index in [0.717, 1.165) is 16.9 Å². The van der Waals surface area contributed by atoms with Crippen molar-refractivity contribution >= 4 is 49.3 Å². The van der Waals surface area contributed by atoms with Gasteiger partial charge in [-0.15, -0.1) is 0 Å². The van der Waals surface area contributed by atoms with E-state index in [1.54, 1.807) is 0 Å². The van der Waals surface area contributed by atoms with Crippen molar-refractivity contribution in [2.24, 2.45) is 5.73 Å². The van der Waals surface area contributed by atoms with Crippen LogP contribution in [0.2, 0.25) is 0 Å². The number of benzene rings is 6. The second kappa shape index (κ2) is 9.46. The van der Waals surface area contributed by atoms with Gasteiger partial charge in [-0.2, -0.15) is 0 Å². The number of fused-ring (bicyclic) bond motifs is 7. The number of rotatable bonds is 5. The fourth-order valence-electron chi connectivity index (χ4n) is 7.22. The van der Waals surface area contributed by atoms with E-state index in [1.165, 1.54) is 49.2 Å². The van der Waals surface area contributed by atoms with Crippen molar-refractivity contribution in [3.8, 4) is 5.69 Å². The van der Waals surface area contributed by atoms with E-state index < -0.39 is 5.54 Å². The third-order valence-electron chi connectivity index (χ3n) is 9.24. The summed E-state index contributed by atoms with van der Waals surface area (Å²) in [5.74, 6) is 0. The highest BCUT2D eigenvalue weighted by atomic mass is 15.4. The van der Waals surface area contributed by atoms with Crippen molar-refractivity contribution in [3.05, 3.63) is 169 Å². The molecule has 210 valence electrons. The molecule has 9 rings (SSSR count). The zero-order chi connectivity index (χ0) is 29.3. The Balaban J connectivity index is 1.40. The predicted octanol–water partition coefficient (Wildman–Crippen LogP) is 8.89. The normalized spacial score (nSPS) is 18.5. The Morgan fingerprint density at radius 2 is 1.11 bits per heavy atom. The van der Waals surface area contributed by atoms with Crippen LogP contribution in [0, 0.1) is 0 Å². The first-order valence-corrected chi connectivity index (χ1v) is 15.1. The summed E-state index contributed by atoms with van der Waals surface area (Å²) < 4.78 is 4.95. The summed E-state index contributed by atoms with van der Waals surface area (Å²) in [6.07, 6.45) is 2.16. The average Bonchev–Trinajstić information content (AvgIpc) is 3.55. The Morgan fingerprint density at radius 1 is 0.568 bits per heavy atom. The van der Waals surface area contributed by atoms with Crippen LogP contribution < -0.4 is 11.1 Å². The number of nitrogens with one attached hydrogen (secondary N) is 1. The monoisotopic (exact) mass is 566 g/mol. The molecule has 0 spiro atoms. The van der Waals surface area contributed by atoms with Crippen molar-refractivity contribution in [1.82, 2.24) is 14.5 Å². The molecule has 3 heterocycles. The van der Waals surface area contributed by atoms with E-state index in [9.17, 15) is 0 Å². The molecule has 6 aromatic carbocycles. The van der Waals surface area contributed by atoms with E-state index in [0.29, 0.717) is 0 Å². The molecule has 0 amide bonds. The predicted molar refractivity (Wildman–Crippen MR) is 183 cm³/mol. The van der Waals surface area contributed by atoms with E-state index >= 15 is 0 Å². The first kappa shape index (κ1) is 25.0. The molecule has 0 bridgehead atoms. The number of para-hydroxylation sites is 3. The number of nitrogens with two attached hydrogens (primary N) is 1. The molecule has 1 fully saturated rings. The molecule has 1 saturated heterocycles. The first-order valence-electron chi connectivity index (χ1n) is 15.1. The van der Waals surface area contributed by atoms with Crippen LogP contribution in [-0.4, -0.2) is 9.13 Å². The van der Waals surface area contributed by atoms with Crippen LogP contribution in [0.25, 0.3) is 55.0 Å². The fraction of sp³-hybridized carbons (Fsp3) is 0.0500. The highest BCUT2D eigenvalue weighted by Crippen LogP contribution is 2.52. The smallest absolute Gasteiger partial charge is 0.112 e. The maximum absolute atomic E-state index is 6.85. The maximum atomic E-state index is 6.85. The lowest BCUT2D eigenvalue weighted by atomic mass is 9.94. The molecule has 4 nitrogen and oxygen atoms in total. The molecule has 0 aliphatic carbocycles. The highest BCUT2D eigenvalue weighted by Gasteiger charge is 2.56. The minimum Gasteiger partial charge on any atom is -0.398 e. The van der Waals surface area contributed by atoms with Crippen LogP contribution in [0.4, 0.5) is 0 Å². The third-order valence-corrected chi connectivity index (χ3v) is 9.24. The van der Waals surface area contributed by atoms with Gasteiger partial charge in [0, 0.05) is 32.9 Å². The number of hydrogen-bond donors (Lipinski definition) is 2. The molecule has 0 radical (unpaired) electrons. The van der Waals surface area contributed by atoms with Crippen LogP contribution in [0.1, 0.15) is 17.3 Å². The molecule has 44 heavy (non-hydrogen) atoms. The molecular formula is C40H30N4. The summed E-state index contributed by atoms with van der Waals surface area (Å²) in [4.78, 5) is 0. The van der Waals surface area contributed by atoms with Gasteiger partial charge in [-0.1, -0.05) is 127 Å². The topological polar surface area (TPSA) is 57.8 Å². The summed E-state index contributed by atoms with van der Waals surface area (Å²) in [7, 11) is 0. The van der Waals surface area contributed by atoms with Crippen molar-refractivity contribution in [2.75, 3.05) is 0 Å². The molecule has 0 saturated carbocycles. The molecule has 2 atom stereocenters. The molecule has 1 unspecified atom stereocenters. The molecule has 4 heteroatoms. The van der Waals surface area contributed by atoms with Crippen molar-refractivity contribution in [2.45, 2.75) is 11.7 Å². The van der Waals surface area contributed by atoms with Crippen molar-refractivity contribution < 1.29 is 0 Å². The maximum Gasteiger partial charge on any atom is 0.112 e. The highest BCUT2D eigenvalue weighted by molar-refractivity contribution is 6.23. The molecule has 1 aliphatic heterocycles. The quantitative estimate of drug-likeness (QED) is 0.204. The SMILES string of the molecule is N/C(=C\[C@]1(c2ccccc2)NC1n1c2ccccc2c2ccc3c4ccccc4n(-c4ccccc4)c3c21)c1ccccc1. The minimum atomic E-state index is -0.484. The van der Waals surface area contributed by atoms with Crippen molar-refractivity contribution in [3.63, 3.8) is 0 Å². The third kappa shape index (κ3) is 3.55. The van der Waals surface area contributed by atoms with Gasteiger partial charge < -0.3 is 14.9 Å². The van der Waals surface area contributed by atoms with E-state index in [2.05, 4.69) is 154 Å². The Bertz CT molecular complexity index is 2370. The minimum absolute atomic E-state index is 0.0533. The van der Waals surface area contributed by atoms with Gasteiger partial charge in [-0.25, -0.2) is 0 Å². The van der Waals surface area contributed by atoms with E-state index in [-0.39, 0.29) is 6.17 Å². The van der Waals surface area contributed by atoms with Gasteiger partial charge in [0.05, 0.1) is 22.1 Å². The van der Waals surface area contributed by atoms with E-state index in [1.807, 2.05) is 18.2 Å². The molecule has 3 N–H and O–H groups in total. The molecule has 1 aliphatic rings. The van der Waals surface area contributed by atoms with Crippen molar-refractivity contribution in [1.29, 1.82) is 0 Å². The Morgan fingerprint density at radius 3 is 1.82 bits per heavy atom. The Kier molecular flexibility index (Phi) is 5.37. The molecule has 8 aromatic rings. The Labute approximate surface area is 255 Å².